The average molecular weight is 726 g/mol. The fourth-order valence-corrected chi connectivity index (χ4v) is 6.61. The van der Waals surface area contributed by atoms with Crippen molar-refractivity contribution in [2.24, 2.45) is 0 Å². The fraction of sp³-hybridized carbons (Fsp3) is 0.487. The molecule has 2 fully saturated rings. The van der Waals surface area contributed by atoms with E-state index in [1.165, 1.54) is 47.1 Å². The van der Waals surface area contributed by atoms with Crippen LogP contribution in [-0.4, -0.2) is 97.1 Å². The molecule has 3 aromatic carbocycles. The summed E-state index contributed by atoms with van der Waals surface area (Å²) in [6, 6.07) is 23.9. The third-order valence-electron chi connectivity index (χ3n) is 9.64. The van der Waals surface area contributed by atoms with Crippen molar-refractivity contribution in [3.05, 3.63) is 83.4 Å². The number of nitrogens with one attached hydrogen (secondary N) is 2. The van der Waals surface area contributed by atoms with Gasteiger partial charge in [-0.25, -0.2) is 9.59 Å². The van der Waals surface area contributed by atoms with E-state index in [0.29, 0.717) is 19.4 Å². The zero-order valence-electron chi connectivity index (χ0n) is 29.8. The summed E-state index contributed by atoms with van der Waals surface area (Å²) in [5, 5.41) is 14.0. The van der Waals surface area contributed by atoms with Gasteiger partial charge in [0.05, 0.1) is 0 Å². The number of hydrogen-bond acceptors (Lipinski definition) is 7. The third-order valence-corrected chi connectivity index (χ3v) is 9.64. The number of amides is 2. The summed E-state index contributed by atoms with van der Waals surface area (Å²) in [5.41, 5.74) is 5.96. The zero-order valence-corrected chi connectivity index (χ0v) is 29.8. The second-order valence-corrected chi connectivity index (χ2v) is 13.7. The molecule has 10 nitrogen and oxygen atoms in total. The van der Waals surface area contributed by atoms with Crippen LogP contribution in [0.4, 0.5) is 18.0 Å². The number of urea groups is 1. The molecule has 3 aromatic rings. The van der Waals surface area contributed by atoms with Gasteiger partial charge in [0.1, 0.15) is 0 Å². The number of nitrogens with zero attached hydrogens (tertiary/aromatic N) is 3. The van der Waals surface area contributed by atoms with Crippen LogP contribution >= 0.6 is 0 Å². The van der Waals surface area contributed by atoms with E-state index in [-0.39, 0.29) is 6.03 Å². The molecule has 0 spiro atoms. The topological polar surface area (TPSA) is 107 Å². The number of fused-ring (bicyclic) bond motifs is 1. The first kappa shape index (κ1) is 38.9. The van der Waals surface area contributed by atoms with Gasteiger partial charge < -0.3 is 39.9 Å². The monoisotopic (exact) mass is 725 g/mol. The summed E-state index contributed by atoms with van der Waals surface area (Å²) in [6.07, 6.45) is 1.83. The van der Waals surface area contributed by atoms with Gasteiger partial charge in [0.15, 0.2) is 11.5 Å². The normalized spacial score (nSPS) is 16.5. The van der Waals surface area contributed by atoms with Crippen molar-refractivity contribution in [1.29, 1.82) is 0 Å². The van der Waals surface area contributed by atoms with Gasteiger partial charge >= 0.3 is 18.2 Å². The number of benzene rings is 3. The summed E-state index contributed by atoms with van der Waals surface area (Å²) in [6.45, 7) is 8.76. The maximum absolute atomic E-state index is 13.5. The SMILES string of the molecule is CN1CCN(CCCN(Cc2ccc(-c3cccc(CNCc4ccc5c(c4)OCO5)c3)cc2)C(=O)NC2CCCCC2)CC1.O=C(O)C(F)(F)F. The van der Waals surface area contributed by atoms with Crippen LogP contribution in [0.15, 0.2) is 66.7 Å². The van der Waals surface area contributed by atoms with Crippen molar-refractivity contribution in [3.63, 3.8) is 0 Å². The van der Waals surface area contributed by atoms with Crippen molar-refractivity contribution in [2.45, 2.75) is 70.4 Å². The molecule has 0 unspecified atom stereocenters. The largest absolute Gasteiger partial charge is 0.490 e. The maximum atomic E-state index is 13.5. The van der Waals surface area contributed by atoms with Gasteiger partial charge in [0, 0.05) is 58.4 Å². The first-order valence-electron chi connectivity index (χ1n) is 18.1. The minimum atomic E-state index is -5.08. The Bertz CT molecular complexity index is 1590. The van der Waals surface area contributed by atoms with Crippen LogP contribution in [0.2, 0.25) is 0 Å². The molecule has 13 heteroatoms. The summed E-state index contributed by atoms with van der Waals surface area (Å²) in [7, 11) is 2.19. The van der Waals surface area contributed by atoms with E-state index >= 15 is 0 Å². The molecule has 3 N–H and O–H groups in total. The molecule has 3 aliphatic rings. The minimum absolute atomic E-state index is 0.0882. The average Bonchev–Trinajstić information content (AvgIpc) is 3.61. The Labute approximate surface area is 303 Å². The Balaban J connectivity index is 0.000000679. The molecular formula is C39H50F3N5O5. The van der Waals surface area contributed by atoms with Crippen molar-refractivity contribution in [1.82, 2.24) is 25.3 Å². The van der Waals surface area contributed by atoms with Gasteiger partial charge in [-0.15, -0.1) is 0 Å². The molecular weight excluding hydrogens is 675 g/mol. The third kappa shape index (κ3) is 12.1. The van der Waals surface area contributed by atoms with E-state index in [2.05, 4.69) is 82.1 Å². The highest BCUT2D eigenvalue weighted by Gasteiger charge is 2.38. The molecule has 52 heavy (non-hydrogen) atoms. The molecule has 2 amide bonds. The van der Waals surface area contributed by atoms with Gasteiger partial charge in [-0.1, -0.05) is 67.8 Å². The maximum Gasteiger partial charge on any atom is 0.490 e. The Morgan fingerprint density at radius 2 is 1.50 bits per heavy atom. The molecule has 282 valence electrons. The molecule has 0 atom stereocenters. The molecule has 6 rings (SSSR count). The van der Waals surface area contributed by atoms with Gasteiger partial charge in [-0.05, 0) is 78.9 Å². The van der Waals surface area contributed by atoms with Crippen molar-refractivity contribution in [2.75, 3.05) is 53.1 Å². The number of rotatable bonds is 12. The standard InChI is InChI=1S/C37H49N5O3.C2HF3O2/c1-40-19-21-41(22-20-40)17-6-18-42(37(43)39-34-9-3-2-4-10-34)27-29-11-14-32(15-12-29)33-8-5-7-30(23-33)25-38-26-31-13-16-35-36(24-31)45-28-44-35;3-2(4,5)1(6)7/h5,7-8,11-16,23-24,34,38H,2-4,6,9-10,17-22,25-28H2,1H3,(H,39,43);(H,6,7). The lowest BCUT2D eigenvalue weighted by Gasteiger charge is -2.33. The lowest BCUT2D eigenvalue weighted by molar-refractivity contribution is -0.192. The smallest absolute Gasteiger partial charge is 0.475 e. The van der Waals surface area contributed by atoms with E-state index in [0.717, 1.165) is 83.1 Å². The quantitative estimate of drug-likeness (QED) is 0.195. The van der Waals surface area contributed by atoms with Gasteiger partial charge in [-0.3, -0.25) is 0 Å². The Hall–Kier alpha value is -4.33. The van der Waals surface area contributed by atoms with Crippen molar-refractivity contribution in [3.8, 4) is 22.6 Å². The van der Waals surface area contributed by atoms with E-state index < -0.39 is 12.1 Å². The van der Waals surface area contributed by atoms with E-state index in [9.17, 15) is 18.0 Å². The Morgan fingerprint density at radius 1 is 0.846 bits per heavy atom. The highest BCUT2D eigenvalue weighted by molar-refractivity contribution is 5.74. The molecule has 0 aromatic heterocycles. The number of hydrogen-bond donors (Lipinski definition) is 3. The number of aliphatic carboxylic acids is 1. The zero-order chi connectivity index (χ0) is 36.9. The van der Waals surface area contributed by atoms with Crippen molar-refractivity contribution >= 4 is 12.0 Å². The van der Waals surface area contributed by atoms with Crippen LogP contribution in [0, 0.1) is 0 Å². The second-order valence-electron chi connectivity index (χ2n) is 13.7. The first-order chi connectivity index (χ1) is 25.0. The van der Waals surface area contributed by atoms with Crippen LogP contribution in [0.5, 0.6) is 11.5 Å². The molecule has 0 radical (unpaired) electrons. The van der Waals surface area contributed by atoms with Crippen LogP contribution in [0.3, 0.4) is 0 Å². The van der Waals surface area contributed by atoms with Gasteiger partial charge in [0.2, 0.25) is 6.79 Å². The molecule has 0 bridgehead atoms. The molecule has 2 heterocycles. The highest BCUT2D eigenvalue weighted by atomic mass is 19.4. The number of piperazine rings is 1. The molecule has 1 aliphatic carbocycles. The lowest BCUT2D eigenvalue weighted by Crippen LogP contribution is -2.47. The number of carbonyl (C=O) groups excluding carboxylic acids is 1. The minimum Gasteiger partial charge on any atom is -0.475 e. The summed E-state index contributed by atoms with van der Waals surface area (Å²) in [4.78, 5) is 29.3. The summed E-state index contributed by atoms with van der Waals surface area (Å²) < 4.78 is 42.7. The number of halogens is 3. The summed E-state index contributed by atoms with van der Waals surface area (Å²) in [5.74, 6) is -1.13. The predicted octanol–water partition coefficient (Wildman–Crippen LogP) is 6.49. The van der Waals surface area contributed by atoms with Gasteiger partial charge in [0.25, 0.3) is 0 Å². The van der Waals surface area contributed by atoms with E-state index in [4.69, 9.17) is 19.4 Å². The van der Waals surface area contributed by atoms with Gasteiger partial charge in [-0.2, -0.15) is 13.2 Å². The Kier molecular flexibility index (Phi) is 14.2. The summed E-state index contributed by atoms with van der Waals surface area (Å²) >= 11 is 0. The van der Waals surface area contributed by atoms with E-state index in [1.807, 2.05) is 17.0 Å². The first-order valence-corrected chi connectivity index (χ1v) is 18.1. The van der Waals surface area contributed by atoms with E-state index in [1.54, 1.807) is 0 Å². The second kappa shape index (κ2) is 19.0. The Morgan fingerprint density at radius 3 is 2.19 bits per heavy atom. The highest BCUT2D eigenvalue weighted by Crippen LogP contribution is 2.32. The molecule has 1 saturated heterocycles. The van der Waals surface area contributed by atoms with Crippen LogP contribution in [0.25, 0.3) is 11.1 Å². The number of likely N-dealkylation sites (N-methyl/N-ethyl adjacent to an activating group) is 1. The van der Waals surface area contributed by atoms with Crippen LogP contribution in [0.1, 0.15) is 55.2 Å². The fourth-order valence-electron chi connectivity index (χ4n) is 6.61. The number of carboxylic acid groups (broad SMARTS) is 1. The predicted molar refractivity (Wildman–Crippen MR) is 193 cm³/mol. The number of carboxylic acids is 1. The van der Waals surface area contributed by atoms with Crippen LogP contribution in [-0.2, 0) is 24.4 Å². The van der Waals surface area contributed by atoms with Crippen LogP contribution < -0.4 is 20.1 Å². The number of carbonyl (C=O) groups is 2. The molecule has 1 saturated carbocycles. The molecule has 2 aliphatic heterocycles. The number of alkyl halides is 3. The number of ether oxygens (including phenoxy) is 2. The lowest BCUT2D eigenvalue weighted by atomic mass is 9.96. The van der Waals surface area contributed by atoms with Crippen molar-refractivity contribution < 1.29 is 37.3 Å².